The number of carbonyl (C=O) groups excluding carboxylic acids is 1. The molecule has 2 rings (SSSR count). The molecular formula is C11H13ClN2O2. The van der Waals surface area contributed by atoms with Crippen LogP contribution in [0.15, 0.2) is 18.3 Å². The second-order valence-electron chi connectivity index (χ2n) is 4.34. The SMILES string of the molecule is CC1(O)CCN(C(=O)c2ccc(Cl)cn2)C1. The van der Waals surface area contributed by atoms with Crippen molar-refractivity contribution in [1.82, 2.24) is 9.88 Å². The lowest BCUT2D eigenvalue weighted by molar-refractivity contribution is 0.0569. The van der Waals surface area contributed by atoms with E-state index in [4.69, 9.17) is 11.6 Å². The fraction of sp³-hybridized carbons (Fsp3) is 0.455. The lowest BCUT2D eigenvalue weighted by Gasteiger charge is -2.18. The molecule has 86 valence electrons. The molecule has 1 amide bonds. The van der Waals surface area contributed by atoms with Crippen LogP contribution in [-0.2, 0) is 0 Å². The molecule has 1 saturated heterocycles. The van der Waals surface area contributed by atoms with Crippen molar-refractivity contribution in [2.24, 2.45) is 0 Å². The molecule has 0 aromatic carbocycles. The van der Waals surface area contributed by atoms with E-state index >= 15 is 0 Å². The number of aliphatic hydroxyl groups is 1. The fourth-order valence-corrected chi connectivity index (χ4v) is 1.89. The van der Waals surface area contributed by atoms with Gasteiger partial charge in [-0.15, -0.1) is 0 Å². The minimum absolute atomic E-state index is 0.158. The maximum atomic E-state index is 12.0. The molecule has 1 N–H and O–H groups in total. The van der Waals surface area contributed by atoms with Crippen LogP contribution in [0.25, 0.3) is 0 Å². The number of nitrogens with zero attached hydrogens (tertiary/aromatic N) is 2. The smallest absolute Gasteiger partial charge is 0.272 e. The van der Waals surface area contributed by atoms with E-state index < -0.39 is 5.60 Å². The van der Waals surface area contributed by atoms with Crippen LogP contribution in [0.3, 0.4) is 0 Å². The molecule has 2 heterocycles. The summed E-state index contributed by atoms with van der Waals surface area (Å²) in [6.45, 7) is 2.65. The van der Waals surface area contributed by atoms with E-state index in [0.29, 0.717) is 30.2 Å². The second-order valence-corrected chi connectivity index (χ2v) is 4.77. The molecule has 5 heteroatoms. The third-order valence-corrected chi connectivity index (χ3v) is 2.91. The van der Waals surface area contributed by atoms with Crippen LogP contribution in [0, 0.1) is 0 Å². The number of carbonyl (C=O) groups is 1. The van der Waals surface area contributed by atoms with Gasteiger partial charge in [-0.3, -0.25) is 4.79 Å². The fourth-order valence-electron chi connectivity index (χ4n) is 1.78. The normalized spacial score (nSPS) is 24.8. The first-order valence-corrected chi connectivity index (χ1v) is 5.49. The summed E-state index contributed by atoms with van der Waals surface area (Å²) in [6.07, 6.45) is 2.05. The van der Waals surface area contributed by atoms with Gasteiger partial charge >= 0.3 is 0 Å². The highest BCUT2D eigenvalue weighted by atomic mass is 35.5. The van der Waals surface area contributed by atoms with Crippen molar-refractivity contribution in [2.75, 3.05) is 13.1 Å². The predicted molar refractivity (Wildman–Crippen MR) is 60.4 cm³/mol. The maximum absolute atomic E-state index is 12.0. The molecule has 0 aliphatic carbocycles. The van der Waals surface area contributed by atoms with E-state index in [1.165, 1.54) is 6.20 Å². The maximum Gasteiger partial charge on any atom is 0.272 e. The van der Waals surface area contributed by atoms with Gasteiger partial charge in [-0.25, -0.2) is 4.98 Å². The molecule has 0 radical (unpaired) electrons. The summed E-state index contributed by atoms with van der Waals surface area (Å²) in [7, 11) is 0. The average Bonchev–Trinajstić information content (AvgIpc) is 2.59. The Morgan fingerprint density at radius 1 is 1.62 bits per heavy atom. The van der Waals surface area contributed by atoms with Crippen LogP contribution in [-0.4, -0.2) is 39.6 Å². The van der Waals surface area contributed by atoms with E-state index in [-0.39, 0.29) is 5.91 Å². The standard InChI is InChI=1S/C11H13ClN2O2/c1-11(16)4-5-14(7-11)10(15)9-3-2-8(12)6-13-9/h2-3,6,16H,4-5,7H2,1H3. The highest BCUT2D eigenvalue weighted by Crippen LogP contribution is 2.21. The molecular weight excluding hydrogens is 228 g/mol. The Bertz CT molecular complexity index is 403. The van der Waals surface area contributed by atoms with Crippen LogP contribution in [0.5, 0.6) is 0 Å². The van der Waals surface area contributed by atoms with Gasteiger partial charge < -0.3 is 10.0 Å². The summed E-state index contributed by atoms with van der Waals surface area (Å²) < 4.78 is 0. The molecule has 0 saturated carbocycles. The molecule has 0 bridgehead atoms. The summed E-state index contributed by atoms with van der Waals surface area (Å²) in [5.41, 5.74) is -0.413. The molecule has 1 atom stereocenters. The Hall–Kier alpha value is -1.13. The van der Waals surface area contributed by atoms with Crippen molar-refractivity contribution in [2.45, 2.75) is 18.9 Å². The third-order valence-electron chi connectivity index (χ3n) is 2.69. The number of rotatable bonds is 1. The molecule has 1 fully saturated rings. The van der Waals surface area contributed by atoms with Gasteiger partial charge in [0.1, 0.15) is 5.69 Å². The lowest BCUT2D eigenvalue weighted by Crippen LogP contribution is -2.34. The topological polar surface area (TPSA) is 53.4 Å². The minimum Gasteiger partial charge on any atom is -0.388 e. The zero-order chi connectivity index (χ0) is 11.8. The predicted octanol–water partition coefficient (Wildman–Crippen LogP) is 1.33. The minimum atomic E-state index is -0.776. The number of hydrogen-bond donors (Lipinski definition) is 1. The van der Waals surface area contributed by atoms with Crippen LogP contribution in [0.4, 0.5) is 0 Å². The zero-order valence-corrected chi connectivity index (χ0v) is 9.74. The summed E-state index contributed by atoms with van der Waals surface area (Å²) >= 11 is 5.69. The third kappa shape index (κ3) is 2.33. The first kappa shape index (κ1) is 11.4. The monoisotopic (exact) mass is 240 g/mol. The highest BCUT2D eigenvalue weighted by molar-refractivity contribution is 6.30. The summed E-state index contributed by atoms with van der Waals surface area (Å²) in [5, 5.41) is 10.3. The summed E-state index contributed by atoms with van der Waals surface area (Å²) in [4.78, 5) is 17.5. The molecule has 1 aromatic heterocycles. The first-order chi connectivity index (χ1) is 7.48. The van der Waals surface area contributed by atoms with Gasteiger partial charge in [-0.1, -0.05) is 11.6 Å². The number of halogens is 1. The number of likely N-dealkylation sites (tertiary alicyclic amines) is 1. The van der Waals surface area contributed by atoms with E-state index in [2.05, 4.69) is 4.98 Å². The zero-order valence-electron chi connectivity index (χ0n) is 8.98. The van der Waals surface area contributed by atoms with Crippen molar-refractivity contribution in [3.63, 3.8) is 0 Å². The van der Waals surface area contributed by atoms with Crippen molar-refractivity contribution in [3.8, 4) is 0 Å². The van der Waals surface area contributed by atoms with Crippen LogP contribution >= 0.6 is 11.6 Å². The molecule has 1 unspecified atom stereocenters. The number of pyridine rings is 1. The van der Waals surface area contributed by atoms with Crippen molar-refractivity contribution in [3.05, 3.63) is 29.0 Å². The van der Waals surface area contributed by atoms with E-state index in [9.17, 15) is 9.90 Å². The Balaban J connectivity index is 2.12. The van der Waals surface area contributed by atoms with Crippen LogP contribution < -0.4 is 0 Å². The van der Waals surface area contributed by atoms with E-state index in [1.54, 1.807) is 24.0 Å². The molecule has 1 aliphatic rings. The van der Waals surface area contributed by atoms with Gasteiger partial charge in [0, 0.05) is 19.3 Å². The quantitative estimate of drug-likeness (QED) is 0.806. The first-order valence-electron chi connectivity index (χ1n) is 5.11. The molecule has 16 heavy (non-hydrogen) atoms. The largest absolute Gasteiger partial charge is 0.388 e. The van der Waals surface area contributed by atoms with Gasteiger partial charge in [-0.2, -0.15) is 0 Å². The number of hydrogen-bond acceptors (Lipinski definition) is 3. The molecule has 0 spiro atoms. The van der Waals surface area contributed by atoms with Gasteiger partial charge in [0.05, 0.1) is 10.6 Å². The average molecular weight is 241 g/mol. The van der Waals surface area contributed by atoms with Crippen LogP contribution in [0.2, 0.25) is 5.02 Å². The summed E-state index contributed by atoms with van der Waals surface area (Å²) in [6, 6.07) is 3.23. The second kappa shape index (κ2) is 4.03. The number of amides is 1. The van der Waals surface area contributed by atoms with Gasteiger partial charge in [-0.05, 0) is 25.5 Å². The highest BCUT2D eigenvalue weighted by Gasteiger charge is 2.34. The van der Waals surface area contributed by atoms with E-state index in [1.807, 2.05) is 0 Å². The van der Waals surface area contributed by atoms with Crippen molar-refractivity contribution >= 4 is 17.5 Å². The summed E-state index contributed by atoms with van der Waals surface area (Å²) in [5.74, 6) is -0.158. The Kier molecular flexibility index (Phi) is 2.86. The van der Waals surface area contributed by atoms with E-state index in [0.717, 1.165) is 0 Å². The van der Waals surface area contributed by atoms with Crippen molar-refractivity contribution < 1.29 is 9.90 Å². The lowest BCUT2D eigenvalue weighted by atomic mass is 10.1. The number of aromatic nitrogens is 1. The number of β-amino-alcohol motifs (C(OH)–C–C–N with tert-alkyl or cyclic N) is 1. The Morgan fingerprint density at radius 2 is 2.38 bits per heavy atom. The molecule has 1 aromatic rings. The van der Waals surface area contributed by atoms with Gasteiger partial charge in [0.15, 0.2) is 0 Å². The van der Waals surface area contributed by atoms with Gasteiger partial charge in [0.25, 0.3) is 5.91 Å². The van der Waals surface area contributed by atoms with Crippen molar-refractivity contribution in [1.29, 1.82) is 0 Å². The Morgan fingerprint density at radius 3 is 2.88 bits per heavy atom. The van der Waals surface area contributed by atoms with Crippen LogP contribution in [0.1, 0.15) is 23.8 Å². The Labute approximate surface area is 98.9 Å². The molecule has 1 aliphatic heterocycles. The molecule has 4 nitrogen and oxygen atoms in total. The van der Waals surface area contributed by atoms with Gasteiger partial charge in [0.2, 0.25) is 0 Å².